The minimum absolute atomic E-state index is 0.726. The van der Waals surface area contributed by atoms with Crippen LogP contribution in [-0.4, -0.2) is 70.0 Å². The number of hydrogen-bond donors (Lipinski definition) is 4. The van der Waals surface area contributed by atoms with Crippen molar-refractivity contribution in [3.63, 3.8) is 0 Å². The molecule has 0 aromatic carbocycles. The lowest BCUT2D eigenvalue weighted by Gasteiger charge is -2.29. The first kappa shape index (κ1) is 16.8. The van der Waals surface area contributed by atoms with E-state index in [4.69, 9.17) is 10.2 Å². The van der Waals surface area contributed by atoms with E-state index in [9.17, 15) is 19.8 Å². The van der Waals surface area contributed by atoms with Crippen LogP contribution >= 0.6 is 0 Å². The van der Waals surface area contributed by atoms with Gasteiger partial charge in [-0.1, -0.05) is 0 Å². The van der Waals surface area contributed by atoms with Gasteiger partial charge in [0.15, 0.2) is 12.2 Å². The van der Waals surface area contributed by atoms with Gasteiger partial charge in [0, 0.05) is 13.8 Å². The van der Waals surface area contributed by atoms with E-state index in [1.54, 1.807) is 0 Å². The molecule has 0 heterocycles. The number of aliphatic hydroxyl groups excluding tert-OH is 4. The average molecular weight is 266 g/mol. The molecular formula is C10H18O8. The van der Waals surface area contributed by atoms with E-state index < -0.39 is 49.6 Å². The predicted octanol–water partition coefficient (Wildman–Crippen LogP) is -2.44. The summed E-state index contributed by atoms with van der Waals surface area (Å²) in [5, 5.41) is 37.1. The molecule has 0 rings (SSSR count). The molecule has 0 aliphatic heterocycles. The molecule has 0 aliphatic rings. The SMILES string of the molecule is CC(=O)O[C@@H](CO)[C@H](O)[C@@H](O)[C@@H](CO)OC(C)=O. The number of hydrogen-bond acceptors (Lipinski definition) is 8. The lowest BCUT2D eigenvalue weighted by molar-refractivity contribution is -0.179. The lowest BCUT2D eigenvalue weighted by Crippen LogP contribution is -2.49. The molecule has 18 heavy (non-hydrogen) atoms. The standard InChI is InChI=1S/C10H18O8/c1-5(13)17-7(3-11)9(15)10(16)8(4-12)18-6(2)14/h7-12,15-16H,3-4H2,1-2H3/t7-,8+,9-,10-/m0/s1. The van der Waals surface area contributed by atoms with Crippen LogP contribution in [0.1, 0.15) is 13.8 Å². The van der Waals surface area contributed by atoms with Crippen LogP contribution in [0.4, 0.5) is 0 Å². The molecule has 0 aromatic heterocycles. The van der Waals surface area contributed by atoms with Crippen LogP contribution in [0.15, 0.2) is 0 Å². The highest BCUT2D eigenvalue weighted by Crippen LogP contribution is 2.11. The second kappa shape index (κ2) is 7.98. The fourth-order valence-corrected chi connectivity index (χ4v) is 1.30. The van der Waals surface area contributed by atoms with Gasteiger partial charge in [0.2, 0.25) is 0 Å². The Morgan fingerprint density at radius 1 is 0.889 bits per heavy atom. The van der Waals surface area contributed by atoms with Gasteiger partial charge in [0.1, 0.15) is 12.2 Å². The van der Waals surface area contributed by atoms with Crippen LogP contribution in [0.5, 0.6) is 0 Å². The zero-order chi connectivity index (χ0) is 14.3. The predicted molar refractivity (Wildman–Crippen MR) is 57.3 cm³/mol. The summed E-state index contributed by atoms with van der Waals surface area (Å²) in [5.41, 5.74) is 0. The molecule has 0 saturated carbocycles. The Kier molecular flexibility index (Phi) is 7.44. The summed E-state index contributed by atoms with van der Waals surface area (Å²) < 4.78 is 9.12. The van der Waals surface area contributed by atoms with E-state index in [2.05, 4.69) is 9.47 Å². The van der Waals surface area contributed by atoms with Gasteiger partial charge in [-0.3, -0.25) is 9.59 Å². The molecule has 0 saturated heterocycles. The fraction of sp³-hybridized carbons (Fsp3) is 0.800. The molecule has 0 aromatic rings. The van der Waals surface area contributed by atoms with Gasteiger partial charge in [-0.15, -0.1) is 0 Å². The van der Waals surface area contributed by atoms with Crippen molar-refractivity contribution in [1.82, 2.24) is 0 Å². The van der Waals surface area contributed by atoms with Crippen molar-refractivity contribution in [2.45, 2.75) is 38.3 Å². The quantitative estimate of drug-likeness (QED) is 0.373. The van der Waals surface area contributed by atoms with E-state index in [0.29, 0.717) is 0 Å². The van der Waals surface area contributed by atoms with Crippen molar-refractivity contribution in [2.75, 3.05) is 13.2 Å². The van der Waals surface area contributed by atoms with Crippen molar-refractivity contribution in [3.05, 3.63) is 0 Å². The third-order valence-electron chi connectivity index (χ3n) is 2.11. The van der Waals surface area contributed by atoms with Gasteiger partial charge in [-0.2, -0.15) is 0 Å². The maximum atomic E-state index is 10.7. The van der Waals surface area contributed by atoms with Gasteiger partial charge in [-0.25, -0.2) is 0 Å². The summed E-state index contributed by atoms with van der Waals surface area (Å²) in [6.45, 7) is 0.681. The molecule has 106 valence electrons. The van der Waals surface area contributed by atoms with Crippen molar-refractivity contribution in [1.29, 1.82) is 0 Å². The number of rotatable bonds is 7. The molecule has 0 bridgehead atoms. The zero-order valence-electron chi connectivity index (χ0n) is 10.1. The van der Waals surface area contributed by atoms with E-state index in [1.807, 2.05) is 0 Å². The molecule has 0 aliphatic carbocycles. The van der Waals surface area contributed by atoms with Gasteiger partial charge in [0.25, 0.3) is 0 Å². The smallest absolute Gasteiger partial charge is 0.303 e. The third kappa shape index (κ3) is 5.41. The molecule has 4 atom stereocenters. The van der Waals surface area contributed by atoms with Gasteiger partial charge >= 0.3 is 11.9 Å². The summed E-state index contributed by atoms with van der Waals surface area (Å²) in [6.07, 6.45) is -6.14. The molecule has 0 amide bonds. The van der Waals surface area contributed by atoms with Gasteiger partial charge < -0.3 is 29.9 Å². The number of carbonyl (C=O) groups is 2. The van der Waals surface area contributed by atoms with Crippen molar-refractivity contribution < 1.29 is 39.5 Å². The second-order valence-corrected chi connectivity index (χ2v) is 3.64. The largest absolute Gasteiger partial charge is 0.457 e. The first-order valence-corrected chi connectivity index (χ1v) is 5.25. The average Bonchev–Trinajstić information content (AvgIpc) is 2.30. The normalized spacial score (nSPS) is 17.4. The van der Waals surface area contributed by atoms with Gasteiger partial charge in [0.05, 0.1) is 13.2 Å². The van der Waals surface area contributed by atoms with Crippen LogP contribution in [0.2, 0.25) is 0 Å². The molecule has 0 unspecified atom stereocenters. The Hall–Kier alpha value is -1.22. The Bertz CT molecular complexity index is 251. The Balaban J connectivity index is 4.64. The maximum Gasteiger partial charge on any atom is 0.303 e. The van der Waals surface area contributed by atoms with E-state index in [1.165, 1.54) is 0 Å². The van der Waals surface area contributed by atoms with E-state index >= 15 is 0 Å². The number of esters is 2. The summed E-state index contributed by atoms with van der Waals surface area (Å²) in [5.74, 6) is -1.51. The number of aliphatic hydroxyl groups is 4. The number of ether oxygens (including phenoxy) is 2. The van der Waals surface area contributed by atoms with Gasteiger partial charge in [-0.05, 0) is 0 Å². The van der Waals surface area contributed by atoms with Crippen LogP contribution in [0, 0.1) is 0 Å². The minimum atomic E-state index is -1.70. The zero-order valence-corrected chi connectivity index (χ0v) is 10.1. The Morgan fingerprint density at radius 2 is 1.17 bits per heavy atom. The molecule has 0 fully saturated rings. The first-order valence-electron chi connectivity index (χ1n) is 5.25. The summed E-state index contributed by atoms with van der Waals surface area (Å²) in [7, 11) is 0. The molecule has 0 radical (unpaired) electrons. The summed E-state index contributed by atoms with van der Waals surface area (Å²) in [6, 6.07) is 0. The van der Waals surface area contributed by atoms with Crippen LogP contribution in [0.3, 0.4) is 0 Å². The highest BCUT2D eigenvalue weighted by atomic mass is 16.6. The Morgan fingerprint density at radius 3 is 1.33 bits per heavy atom. The van der Waals surface area contributed by atoms with Crippen molar-refractivity contribution >= 4 is 11.9 Å². The molecule has 0 spiro atoms. The summed E-state index contributed by atoms with van der Waals surface area (Å²) in [4.78, 5) is 21.4. The van der Waals surface area contributed by atoms with Crippen molar-refractivity contribution in [2.24, 2.45) is 0 Å². The molecule has 4 N–H and O–H groups in total. The molecule has 8 heteroatoms. The second-order valence-electron chi connectivity index (χ2n) is 3.64. The maximum absolute atomic E-state index is 10.7. The van der Waals surface area contributed by atoms with Crippen molar-refractivity contribution in [3.8, 4) is 0 Å². The third-order valence-corrected chi connectivity index (χ3v) is 2.11. The lowest BCUT2D eigenvalue weighted by atomic mass is 10.0. The Labute approximate surface area is 104 Å². The fourth-order valence-electron chi connectivity index (χ4n) is 1.30. The monoisotopic (exact) mass is 266 g/mol. The topological polar surface area (TPSA) is 134 Å². The van der Waals surface area contributed by atoms with Crippen LogP contribution in [0.25, 0.3) is 0 Å². The van der Waals surface area contributed by atoms with Crippen LogP contribution in [-0.2, 0) is 19.1 Å². The van der Waals surface area contributed by atoms with E-state index in [-0.39, 0.29) is 0 Å². The minimum Gasteiger partial charge on any atom is -0.457 e. The highest BCUT2D eigenvalue weighted by Gasteiger charge is 2.35. The number of carbonyl (C=O) groups excluding carboxylic acids is 2. The molecule has 8 nitrogen and oxygen atoms in total. The molecular weight excluding hydrogens is 248 g/mol. The highest BCUT2D eigenvalue weighted by molar-refractivity contribution is 5.66. The summed E-state index contributed by atoms with van der Waals surface area (Å²) >= 11 is 0. The van der Waals surface area contributed by atoms with E-state index in [0.717, 1.165) is 13.8 Å². The first-order chi connectivity index (χ1) is 8.33. The van der Waals surface area contributed by atoms with Crippen LogP contribution < -0.4 is 0 Å².